The van der Waals surface area contributed by atoms with Crippen LogP contribution in [0.4, 0.5) is 8.78 Å². The van der Waals surface area contributed by atoms with Gasteiger partial charge in [0.05, 0.1) is 5.56 Å². The summed E-state index contributed by atoms with van der Waals surface area (Å²) in [6.45, 7) is 1.43. The second-order valence-corrected chi connectivity index (χ2v) is 8.79. The van der Waals surface area contributed by atoms with Crippen LogP contribution in [0.2, 0.25) is 0 Å². The van der Waals surface area contributed by atoms with Crippen molar-refractivity contribution in [1.82, 2.24) is 0 Å². The largest absolute Gasteiger partial charge is 0.438 e. The third-order valence-electron chi connectivity index (χ3n) is 4.87. The van der Waals surface area contributed by atoms with Gasteiger partial charge < -0.3 is 4.74 Å². The lowest BCUT2D eigenvalue weighted by Crippen LogP contribution is -2.28. The lowest BCUT2D eigenvalue weighted by Gasteiger charge is -2.24. The summed E-state index contributed by atoms with van der Waals surface area (Å²) in [6.07, 6.45) is 5.54. The Balaban J connectivity index is 1.60. The molecule has 0 aliphatic rings. The van der Waals surface area contributed by atoms with E-state index in [1.807, 2.05) is 24.3 Å². The molecule has 30 heavy (non-hydrogen) atoms. The molecule has 0 aliphatic heterocycles. The van der Waals surface area contributed by atoms with Crippen LogP contribution in [0, 0.1) is 24.0 Å². The highest BCUT2D eigenvalue weighted by atomic mass is 32.2. The lowest BCUT2D eigenvalue weighted by atomic mass is 9.96. The van der Waals surface area contributed by atoms with Crippen LogP contribution in [0.1, 0.15) is 22.8 Å². The van der Waals surface area contributed by atoms with Crippen molar-refractivity contribution in [3.63, 3.8) is 0 Å². The van der Waals surface area contributed by atoms with E-state index in [2.05, 4.69) is 29.5 Å². The maximum Gasteiger partial charge on any atom is 0.339 e. The Kier molecular flexibility index (Phi) is 5.11. The minimum atomic E-state index is -1.60. The van der Waals surface area contributed by atoms with Crippen molar-refractivity contribution in [3.8, 4) is 17.2 Å². The van der Waals surface area contributed by atoms with Crippen molar-refractivity contribution >= 4 is 26.5 Å². The molecule has 2 atom stereocenters. The van der Waals surface area contributed by atoms with Crippen LogP contribution in [0.3, 0.4) is 0 Å². The minimum Gasteiger partial charge on any atom is -0.438 e. The molecule has 0 bridgehead atoms. The van der Waals surface area contributed by atoms with Gasteiger partial charge >= 0.3 is 5.97 Å². The van der Waals surface area contributed by atoms with Gasteiger partial charge in [-0.15, -0.1) is 6.42 Å². The van der Waals surface area contributed by atoms with Gasteiger partial charge in [0.25, 0.3) is 0 Å². The number of hydrogen-bond donors (Lipinski definition) is 0. The van der Waals surface area contributed by atoms with E-state index in [1.165, 1.54) is 17.0 Å². The first-order chi connectivity index (χ1) is 14.4. The molecule has 0 amide bonds. The Morgan fingerprint density at radius 1 is 1.00 bits per heavy atom. The number of rotatable bonds is 4. The summed E-state index contributed by atoms with van der Waals surface area (Å²) in [4.78, 5) is 13.7. The van der Waals surface area contributed by atoms with Crippen LogP contribution < -0.4 is 0 Å². The van der Waals surface area contributed by atoms with Gasteiger partial charge in [-0.1, -0.05) is 18.1 Å². The second kappa shape index (κ2) is 7.74. The van der Waals surface area contributed by atoms with Crippen LogP contribution >= 0.6 is 10.5 Å². The molecule has 5 heteroatoms. The molecule has 1 heterocycles. The first-order valence-electron chi connectivity index (χ1n) is 9.18. The van der Waals surface area contributed by atoms with Crippen molar-refractivity contribution in [2.45, 2.75) is 12.5 Å². The van der Waals surface area contributed by atoms with E-state index in [0.29, 0.717) is 5.56 Å². The first-order valence-corrected chi connectivity index (χ1v) is 10.5. The molecular weight excluding hydrogens is 402 g/mol. The number of halogens is 2. The number of thiophene rings is 1. The maximum atomic E-state index is 13.6. The zero-order chi connectivity index (χ0) is 21.3. The molecule has 0 saturated carbocycles. The average molecular weight is 419 g/mol. The summed E-state index contributed by atoms with van der Waals surface area (Å²) in [6, 6.07) is 20.2. The van der Waals surface area contributed by atoms with Gasteiger partial charge in [0.1, 0.15) is 17.0 Å². The average Bonchev–Trinajstić information content (AvgIpc) is 3.17. The molecule has 3 aromatic carbocycles. The maximum absolute atomic E-state index is 13.6. The third-order valence-corrected chi connectivity index (χ3v) is 6.90. The molecule has 0 N–H and O–H groups in total. The molecule has 0 fully saturated rings. The van der Waals surface area contributed by atoms with Crippen molar-refractivity contribution in [2.24, 2.45) is 0 Å². The summed E-state index contributed by atoms with van der Waals surface area (Å²) in [7, 11) is -0.191. The molecule has 0 aliphatic carbocycles. The number of esters is 1. The number of carbonyl (C=O) groups is 1. The van der Waals surface area contributed by atoms with Gasteiger partial charge in [0, 0.05) is 33.6 Å². The van der Waals surface area contributed by atoms with Crippen LogP contribution in [-0.2, 0) is 10.3 Å². The highest BCUT2D eigenvalue weighted by molar-refractivity contribution is 7.43. The fourth-order valence-electron chi connectivity index (χ4n) is 3.22. The molecule has 148 valence electrons. The quantitative estimate of drug-likeness (QED) is 0.213. The number of benzene rings is 3. The molecule has 2 nitrogen and oxygen atoms in total. The monoisotopic (exact) mass is 419 g/mol. The SMILES string of the molecule is C#CC(C)(OC(=O)c1ccc(-[s+]2ccc3ccccc32)cc1)c1cc(F)cc(F)c1. The van der Waals surface area contributed by atoms with Crippen molar-refractivity contribution in [2.75, 3.05) is 0 Å². The van der Waals surface area contributed by atoms with Gasteiger partial charge in [-0.25, -0.2) is 13.6 Å². The van der Waals surface area contributed by atoms with Gasteiger partial charge in [0.15, 0.2) is 15.2 Å². The topological polar surface area (TPSA) is 26.3 Å². The summed E-state index contributed by atoms with van der Waals surface area (Å²) in [5.74, 6) is 0.0763. The molecule has 4 rings (SSSR count). The molecule has 4 aromatic rings. The van der Waals surface area contributed by atoms with Gasteiger partial charge in [-0.05, 0) is 55.5 Å². The van der Waals surface area contributed by atoms with Crippen molar-refractivity contribution in [3.05, 3.63) is 101 Å². The van der Waals surface area contributed by atoms with E-state index < -0.39 is 23.2 Å². The first kappa shape index (κ1) is 19.8. The predicted octanol–water partition coefficient (Wildman–Crippen LogP) is 6.56. The Morgan fingerprint density at radius 3 is 2.33 bits per heavy atom. The Labute approximate surface area is 175 Å². The minimum absolute atomic E-state index is 0.0571. The van der Waals surface area contributed by atoms with E-state index >= 15 is 0 Å². The highest BCUT2D eigenvalue weighted by Gasteiger charge is 2.30. The van der Waals surface area contributed by atoms with Gasteiger partial charge in [0.2, 0.25) is 0 Å². The normalized spacial score (nSPS) is 13.5. The van der Waals surface area contributed by atoms with E-state index in [4.69, 9.17) is 11.2 Å². The van der Waals surface area contributed by atoms with E-state index in [0.717, 1.165) is 23.1 Å². The van der Waals surface area contributed by atoms with E-state index in [9.17, 15) is 13.6 Å². The summed E-state index contributed by atoms with van der Waals surface area (Å²) < 4.78 is 33.9. The fraction of sp³-hybridized carbons (Fsp3) is 0.0800. The lowest BCUT2D eigenvalue weighted by molar-refractivity contribution is 0.0127. The van der Waals surface area contributed by atoms with Crippen LogP contribution in [0.5, 0.6) is 0 Å². The second-order valence-electron chi connectivity index (χ2n) is 6.93. The van der Waals surface area contributed by atoms with E-state index in [-0.39, 0.29) is 16.0 Å². The summed E-state index contributed by atoms with van der Waals surface area (Å²) >= 11 is 0. The van der Waals surface area contributed by atoms with Gasteiger partial charge in [-0.3, -0.25) is 0 Å². The molecule has 2 unspecified atom stereocenters. The number of fused-ring (bicyclic) bond motifs is 1. The Morgan fingerprint density at radius 2 is 1.67 bits per heavy atom. The highest BCUT2D eigenvalue weighted by Crippen LogP contribution is 2.39. The molecule has 0 radical (unpaired) electrons. The number of hydrogen-bond acceptors (Lipinski definition) is 2. The van der Waals surface area contributed by atoms with Crippen molar-refractivity contribution in [1.29, 1.82) is 0 Å². The Bertz CT molecular complexity index is 1260. The molecule has 0 saturated heterocycles. The molecule has 0 spiro atoms. The van der Waals surface area contributed by atoms with Crippen LogP contribution in [0.15, 0.2) is 78.2 Å². The zero-order valence-corrected chi connectivity index (χ0v) is 16.9. The zero-order valence-electron chi connectivity index (χ0n) is 16.1. The van der Waals surface area contributed by atoms with E-state index in [1.54, 1.807) is 12.1 Å². The Hall–Kier alpha value is -3.49. The molecule has 1 aromatic heterocycles. The smallest absolute Gasteiger partial charge is 0.339 e. The molecular formula is C25H17F2O2S+. The predicted molar refractivity (Wildman–Crippen MR) is 116 cm³/mol. The number of terminal acetylenes is 1. The summed E-state index contributed by atoms with van der Waals surface area (Å²) in [5.41, 5.74) is -1.24. The van der Waals surface area contributed by atoms with Crippen LogP contribution in [0.25, 0.3) is 15.0 Å². The van der Waals surface area contributed by atoms with Crippen LogP contribution in [-0.4, -0.2) is 5.97 Å². The standard InChI is InChI=1S/C25H17F2O2S/c1-3-25(2,19-14-20(26)16-21(27)15-19)29-24(28)18-8-10-22(11-9-18)30-13-12-17-6-4-5-7-23(17)30/h1,4-16H,2H3/q+1. The van der Waals surface area contributed by atoms with Gasteiger partial charge in [-0.2, -0.15) is 0 Å². The fourth-order valence-corrected chi connectivity index (χ4v) is 5.11. The third kappa shape index (κ3) is 3.70. The number of ether oxygens (including phenoxy) is 1. The number of carbonyl (C=O) groups excluding carboxylic acids is 1. The summed E-state index contributed by atoms with van der Waals surface area (Å²) in [5, 5.41) is 3.34. The van der Waals surface area contributed by atoms with Crippen molar-refractivity contribution < 1.29 is 18.3 Å².